The summed E-state index contributed by atoms with van der Waals surface area (Å²) in [6, 6.07) is 11.4. The first-order valence-corrected chi connectivity index (χ1v) is 7.95. The largest absolute Gasteiger partial charge is 0.465 e. The number of rotatable bonds is 6. The number of esters is 1. The van der Waals surface area contributed by atoms with E-state index in [0.29, 0.717) is 16.9 Å². The van der Waals surface area contributed by atoms with E-state index >= 15 is 0 Å². The van der Waals surface area contributed by atoms with Gasteiger partial charge in [0.05, 0.1) is 17.6 Å². The average molecular weight is 383 g/mol. The highest BCUT2D eigenvalue weighted by Crippen LogP contribution is 2.33. The van der Waals surface area contributed by atoms with E-state index in [9.17, 15) is 19.3 Å². The van der Waals surface area contributed by atoms with Gasteiger partial charge in [-0.15, -0.1) is 0 Å². The van der Waals surface area contributed by atoms with Crippen molar-refractivity contribution in [2.24, 2.45) is 0 Å². The van der Waals surface area contributed by atoms with E-state index in [1.54, 1.807) is 12.1 Å². The summed E-state index contributed by atoms with van der Waals surface area (Å²) in [5.74, 6) is -1.03. The summed E-state index contributed by atoms with van der Waals surface area (Å²) < 4.78 is 17.7. The summed E-state index contributed by atoms with van der Waals surface area (Å²) in [5.41, 5.74) is 0.853. The smallest absolute Gasteiger partial charge is 0.353 e. The van der Waals surface area contributed by atoms with Crippen LogP contribution in [0.15, 0.2) is 54.9 Å². The standard InChI is InChI=1S/C18H14FN5O4/c1-28-18(25)11-2-6-13(7-3-11)22-16-15(24(26)27)17(21-10-20-16)23-14-8-4-12(19)5-9-14/h2-10H,1H3,(H2,20,21,22,23). The first-order chi connectivity index (χ1) is 13.5. The average Bonchev–Trinajstić information content (AvgIpc) is 2.69. The Morgan fingerprint density at radius 3 is 1.96 bits per heavy atom. The maximum Gasteiger partial charge on any atom is 0.353 e. The van der Waals surface area contributed by atoms with E-state index in [4.69, 9.17) is 0 Å². The minimum atomic E-state index is -0.628. The summed E-state index contributed by atoms with van der Waals surface area (Å²) in [7, 11) is 1.27. The first kappa shape index (κ1) is 18.7. The van der Waals surface area contributed by atoms with Crippen molar-refractivity contribution in [1.82, 2.24) is 9.97 Å². The molecule has 0 aliphatic heterocycles. The molecule has 0 saturated carbocycles. The van der Waals surface area contributed by atoms with E-state index in [1.807, 2.05) is 0 Å². The number of carbonyl (C=O) groups excluding carboxylic acids is 1. The molecule has 28 heavy (non-hydrogen) atoms. The Balaban J connectivity index is 1.89. The quantitative estimate of drug-likeness (QED) is 0.375. The van der Waals surface area contributed by atoms with Crippen LogP contribution in [0.4, 0.5) is 33.1 Å². The van der Waals surface area contributed by atoms with Gasteiger partial charge in [-0.25, -0.2) is 19.2 Å². The predicted molar refractivity (Wildman–Crippen MR) is 99.4 cm³/mol. The molecule has 0 aliphatic carbocycles. The first-order valence-electron chi connectivity index (χ1n) is 7.95. The van der Waals surface area contributed by atoms with Crippen molar-refractivity contribution >= 4 is 34.7 Å². The van der Waals surface area contributed by atoms with Crippen LogP contribution >= 0.6 is 0 Å². The number of ether oxygens (including phenoxy) is 1. The monoisotopic (exact) mass is 383 g/mol. The lowest BCUT2D eigenvalue weighted by molar-refractivity contribution is -0.383. The Kier molecular flexibility index (Phi) is 5.40. The van der Waals surface area contributed by atoms with Crippen LogP contribution in [0.1, 0.15) is 10.4 Å². The molecule has 1 heterocycles. The molecule has 0 amide bonds. The molecule has 0 radical (unpaired) electrons. The fourth-order valence-electron chi connectivity index (χ4n) is 2.35. The summed E-state index contributed by atoms with van der Waals surface area (Å²) in [5, 5.41) is 17.2. The van der Waals surface area contributed by atoms with Crippen LogP contribution in [0, 0.1) is 15.9 Å². The van der Waals surface area contributed by atoms with E-state index in [0.717, 1.165) is 6.33 Å². The van der Waals surface area contributed by atoms with Gasteiger partial charge in [0.25, 0.3) is 0 Å². The van der Waals surface area contributed by atoms with Crippen molar-refractivity contribution in [1.29, 1.82) is 0 Å². The maximum absolute atomic E-state index is 13.0. The SMILES string of the molecule is COC(=O)c1ccc(Nc2ncnc(Nc3ccc(F)cc3)c2[N+](=O)[O-])cc1. The molecule has 0 spiro atoms. The third-order valence-electron chi connectivity index (χ3n) is 3.68. The van der Waals surface area contributed by atoms with Crippen molar-refractivity contribution in [2.75, 3.05) is 17.7 Å². The zero-order chi connectivity index (χ0) is 20.1. The van der Waals surface area contributed by atoms with Crippen LogP contribution in [0.5, 0.6) is 0 Å². The second-order valence-corrected chi connectivity index (χ2v) is 5.50. The number of nitrogens with one attached hydrogen (secondary N) is 2. The normalized spacial score (nSPS) is 10.2. The molecule has 0 saturated heterocycles. The van der Waals surface area contributed by atoms with Gasteiger partial charge >= 0.3 is 11.7 Å². The molecular formula is C18H14FN5O4. The molecule has 3 aromatic rings. The Bertz CT molecular complexity index is 1010. The summed E-state index contributed by atoms with van der Waals surface area (Å²) in [6.45, 7) is 0. The van der Waals surface area contributed by atoms with Crippen molar-refractivity contribution in [3.8, 4) is 0 Å². The van der Waals surface area contributed by atoms with Gasteiger partial charge in [-0.3, -0.25) is 10.1 Å². The summed E-state index contributed by atoms with van der Waals surface area (Å²) in [4.78, 5) is 30.3. The Hall–Kier alpha value is -4.08. The zero-order valence-electron chi connectivity index (χ0n) is 14.5. The van der Waals surface area contributed by atoms with Gasteiger partial charge in [-0.2, -0.15) is 0 Å². The molecule has 3 rings (SSSR count). The van der Waals surface area contributed by atoms with Gasteiger partial charge in [-0.1, -0.05) is 0 Å². The number of halogens is 1. The minimum Gasteiger partial charge on any atom is -0.465 e. The molecule has 0 bridgehead atoms. The maximum atomic E-state index is 13.0. The Labute approximate surface area is 158 Å². The van der Waals surface area contributed by atoms with Crippen LogP contribution in [0.2, 0.25) is 0 Å². The molecule has 10 heteroatoms. The fourth-order valence-corrected chi connectivity index (χ4v) is 2.35. The van der Waals surface area contributed by atoms with Gasteiger partial charge in [-0.05, 0) is 48.5 Å². The molecule has 0 atom stereocenters. The molecule has 1 aromatic heterocycles. The lowest BCUT2D eigenvalue weighted by Crippen LogP contribution is -2.06. The lowest BCUT2D eigenvalue weighted by Gasteiger charge is -2.10. The number of nitro groups is 1. The third-order valence-corrected chi connectivity index (χ3v) is 3.68. The van der Waals surface area contributed by atoms with E-state index in [1.165, 1.54) is 43.5 Å². The second-order valence-electron chi connectivity index (χ2n) is 5.50. The van der Waals surface area contributed by atoms with E-state index in [-0.39, 0.29) is 17.3 Å². The van der Waals surface area contributed by atoms with Crippen LogP contribution in [-0.2, 0) is 4.74 Å². The number of aromatic nitrogens is 2. The van der Waals surface area contributed by atoms with E-state index in [2.05, 4.69) is 25.3 Å². The Morgan fingerprint density at radius 2 is 1.50 bits per heavy atom. The number of benzene rings is 2. The van der Waals surface area contributed by atoms with Crippen molar-refractivity contribution in [2.45, 2.75) is 0 Å². The third kappa shape index (κ3) is 4.18. The number of nitrogens with zero attached hydrogens (tertiary/aromatic N) is 3. The number of methoxy groups -OCH3 is 1. The van der Waals surface area contributed by atoms with Gasteiger partial charge in [0.15, 0.2) is 0 Å². The van der Waals surface area contributed by atoms with Crippen molar-refractivity contribution in [3.63, 3.8) is 0 Å². The van der Waals surface area contributed by atoms with Crippen LogP contribution < -0.4 is 10.6 Å². The van der Waals surface area contributed by atoms with Crippen molar-refractivity contribution < 1.29 is 18.8 Å². The Morgan fingerprint density at radius 1 is 1.00 bits per heavy atom. The highest BCUT2D eigenvalue weighted by Gasteiger charge is 2.23. The van der Waals surface area contributed by atoms with Gasteiger partial charge in [0.1, 0.15) is 12.1 Å². The van der Waals surface area contributed by atoms with E-state index < -0.39 is 16.7 Å². The molecule has 0 fully saturated rings. The minimum absolute atomic E-state index is 0.0459. The molecule has 0 unspecified atom stereocenters. The van der Waals surface area contributed by atoms with Gasteiger partial charge < -0.3 is 15.4 Å². The number of hydrogen-bond donors (Lipinski definition) is 2. The highest BCUT2D eigenvalue weighted by atomic mass is 19.1. The zero-order valence-corrected chi connectivity index (χ0v) is 14.5. The van der Waals surface area contributed by atoms with Gasteiger partial charge in [0.2, 0.25) is 11.6 Å². The number of carbonyl (C=O) groups is 1. The molecule has 2 aromatic carbocycles. The molecule has 142 valence electrons. The fraction of sp³-hybridized carbons (Fsp3) is 0.0556. The van der Waals surface area contributed by atoms with Crippen LogP contribution in [-0.4, -0.2) is 28.0 Å². The van der Waals surface area contributed by atoms with Crippen molar-refractivity contribution in [3.05, 3.63) is 76.4 Å². The molecule has 9 nitrogen and oxygen atoms in total. The predicted octanol–water partition coefficient (Wildman–Crippen LogP) is 3.80. The van der Waals surface area contributed by atoms with Crippen LogP contribution in [0.25, 0.3) is 0 Å². The molecule has 0 aliphatic rings. The summed E-state index contributed by atoms with van der Waals surface area (Å²) >= 11 is 0. The van der Waals surface area contributed by atoms with Gasteiger partial charge in [0, 0.05) is 11.4 Å². The number of hydrogen-bond acceptors (Lipinski definition) is 8. The second kappa shape index (κ2) is 8.08. The topological polar surface area (TPSA) is 119 Å². The highest BCUT2D eigenvalue weighted by molar-refractivity contribution is 5.90. The lowest BCUT2D eigenvalue weighted by atomic mass is 10.2. The molecule has 2 N–H and O–H groups in total. The number of anilines is 4. The summed E-state index contributed by atoms with van der Waals surface area (Å²) in [6.07, 6.45) is 1.16. The van der Waals surface area contributed by atoms with Crippen LogP contribution in [0.3, 0.4) is 0 Å². The molecular weight excluding hydrogens is 369 g/mol.